The molecule has 7 heteroatoms. The Morgan fingerprint density at radius 3 is 2.96 bits per heavy atom. The molecular formula is C16H19N3O4. The predicted octanol–water partition coefficient (Wildman–Crippen LogP) is 1.74. The van der Waals surface area contributed by atoms with E-state index in [1.54, 1.807) is 12.1 Å². The molecule has 0 aromatic heterocycles. The third-order valence-corrected chi connectivity index (χ3v) is 3.58. The van der Waals surface area contributed by atoms with Crippen molar-refractivity contribution >= 4 is 23.6 Å². The lowest BCUT2D eigenvalue weighted by molar-refractivity contribution is -0.384. The third-order valence-electron chi connectivity index (χ3n) is 3.58. The number of carbonyl (C=O) groups is 2. The number of carbonyl (C=O) groups excluding carboxylic acids is 2. The largest absolute Gasteiger partial charge is 0.352 e. The van der Waals surface area contributed by atoms with Crippen LogP contribution in [0.15, 0.2) is 30.3 Å². The summed E-state index contributed by atoms with van der Waals surface area (Å²) in [7, 11) is 0. The highest BCUT2D eigenvalue weighted by molar-refractivity contribution is 5.91. The number of amides is 2. The molecule has 2 amide bonds. The van der Waals surface area contributed by atoms with Crippen LogP contribution >= 0.6 is 0 Å². The highest BCUT2D eigenvalue weighted by atomic mass is 16.6. The molecule has 2 rings (SSSR count). The summed E-state index contributed by atoms with van der Waals surface area (Å²) in [5, 5.41) is 13.4. The van der Waals surface area contributed by atoms with Gasteiger partial charge in [-0.2, -0.15) is 0 Å². The lowest BCUT2D eigenvalue weighted by Crippen LogP contribution is -2.29. The number of non-ortho nitro benzene ring substituents is 1. The lowest BCUT2D eigenvalue weighted by atomic mass is 10.2. The molecule has 1 aromatic rings. The fourth-order valence-electron chi connectivity index (χ4n) is 2.39. The van der Waals surface area contributed by atoms with Gasteiger partial charge in [-0.1, -0.05) is 12.1 Å². The van der Waals surface area contributed by atoms with Crippen molar-refractivity contribution in [3.05, 3.63) is 46.0 Å². The molecule has 0 radical (unpaired) electrons. The number of rotatable bonds is 7. The lowest BCUT2D eigenvalue weighted by Gasteiger charge is -2.14. The molecule has 1 aromatic carbocycles. The Kier molecular flexibility index (Phi) is 5.85. The minimum Gasteiger partial charge on any atom is -0.352 e. The average Bonchev–Trinajstić information content (AvgIpc) is 2.95. The van der Waals surface area contributed by atoms with Crippen molar-refractivity contribution < 1.29 is 14.5 Å². The monoisotopic (exact) mass is 317 g/mol. The normalized spacial score (nSPS) is 14.4. The molecule has 0 saturated carbocycles. The molecule has 0 unspecified atom stereocenters. The molecule has 122 valence electrons. The van der Waals surface area contributed by atoms with Gasteiger partial charge in [-0.25, -0.2) is 0 Å². The molecule has 0 aliphatic carbocycles. The topological polar surface area (TPSA) is 92.5 Å². The van der Waals surface area contributed by atoms with Gasteiger partial charge in [0.2, 0.25) is 11.8 Å². The molecule has 23 heavy (non-hydrogen) atoms. The first-order valence-corrected chi connectivity index (χ1v) is 7.54. The standard InChI is InChI=1S/C16H19N3O4/c20-15(17-9-3-11-18-10-2-6-16(18)21)8-7-13-4-1-5-14(12-13)19(22)23/h1,4-5,7-8,12H,2-3,6,9-11H2,(H,17,20). The maximum Gasteiger partial charge on any atom is 0.270 e. The highest BCUT2D eigenvalue weighted by Gasteiger charge is 2.18. The molecule has 1 saturated heterocycles. The first kappa shape index (κ1) is 16.7. The second-order valence-electron chi connectivity index (χ2n) is 5.31. The van der Waals surface area contributed by atoms with E-state index in [0.717, 1.165) is 13.0 Å². The van der Waals surface area contributed by atoms with Crippen molar-refractivity contribution in [3.8, 4) is 0 Å². The van der Waals surface area contributed by atoms with E-state index in [9.17, 15) is 19.7 Å². The van der Waals surface area contributed by atoms with E-state index in [1.165, 1.54) is 24.3 Å². The Bertz CT molecular complexity index is 628. The van der Waals surface area contributed by atoms with Crippen LogP contribution in [0.5, 0.6) is 0 Å². The maximum absolute atomic E-state index is 11.7. The van der Waals surface area contributed by atoms with Crippen molar-refractivity contribution in [3.63, 3.8) is 0 Å². The number of hydrogen-bond acceptors (Lipinski definition) is 4. The average molecular weight is 317 g/mol. The van der Waals surface area contributed by atoms with Crippen molar-refractivity contribution in [2.24, 2.45) is 0 Å². The van der Waals surface area contributed by atoms with Crippen LogP contribution in [-0.4, -0.2) is 41.3 Å². The molecule has 0 spiro atoms. The first-order chi connectivity index (χ1) is 11.1. The van der Waals surface area contributed by atoms with Gasteiger partial charge in [0, 0.05) is 44.3 Å². The summed E-state index contributed by atoms with van der Waals surface area (Å²) >= 11 is 0. The Balaban J connectivity index is 1.72. The molecule has 1 aliphatic heterocycles. The van der Waals surface area contributed by atoms with Gasteiger partial charge in [0.1, 0.15) is 0 Å². The fraction of sp³-hybridized carbons (Fsp3) is 0.375. The van der Waals surface area contributed by atoms with E-state index in [1.807, 2.05) is 4.90 Å². The molecule has 7 nitrogen and oxygen atoms in total. The van der Waals surface area contributed by atoms with Crippen LogP contribution in [-0.2, 0) is 9.59 Å². The summed E-state index contributed by atoms with van der Waals surface area (Å²) < 4.78 is 0. The van der Waals surface area contributed by atoms with Crippen LogP contribution < -0.4 is 5.32 Å². The van der Waals surface area contributed by atoms with Crippen molar-refractivity contribution in [1.82, 2.24) is 10.2 Å². The van der Waals surface area contributed by atoms with Gasteiger partial charge >= 0.3 is 0 Å². The fourth-order valence-corrected chi connectivity index (χ4v) is 2.39. The Hall–Kier alpha value is -2.70. The van der Waals surface area contributed by atoms with Gasteiger partial charge in [-0.15, -0.1) is 0 Å². The molecule has 0 atom stereocenters. The zero-order valence-electron chi connectivity index (χ0n) is 12.7. The summed E-state index contributed by atoms with van der Waals surface area (Å²) in [5.74, 6) is -0.0776. The smallest absolute Gasteiger partial charge is 0.270 e. The van der Waals surface area contributed by atoms with Crippen LogP contribution in [0.3, 0.4) is 0 Å². The van der Waals surface area contributed by atoms with Crippen molar-refractivity contribution in [1.29, 1.82) is 0 Å². The van der Waals surface area contributed by atoms with Gasteiger partial charge in [-0.3, -0.25) is 19.7 Å². The zero-order valence-corrected chi connectivity index (χ0v) is 12.7. The number of nitro groups is 1. The zero-order chi connectivity index (χ0) is 16.7. The van der Waals surface area contributed by atoms with Gasteiger partial charge < -0.3 is 10.2 Å². The van der Waals surface area contributed by atoms with Gasteiger partial charge in [0.25, 0.3) is 5.69 Å². The summed E-state index contributed by atoms with van der Waals surface area (Å²) in [4.78, 5) is 35.1. The number of nitrogens with zero attached hydrogens (tertiary/aromatic N) is 2. The molecule has 1 N–H and O–H groups in total. The van der Waals surface area contributed by atoms with E-state index < -0.39 is 4.92 Å². The summed E-state index contributed by atoms with van der Waals surface area (Å²) in [5.41, 5.74) is 0.583. The maximum atomic E-state index is 11.7. The Labute approximate surface area is 134 Å². The SMILES string of the molecule is O=C(C=Cc1cccc([N+](=O)[O-])c1)NCCCN1CCCC1=O. The number of hydrogen-bond donors (Lipinski definition) is 1. The molecular weight excluding hydrogens is 298 g/mol. The number of likely N-dealkylation sites (tertiary alicyclic amines) is 1. The summed E-state index contributed by atoms with van der Waals surface area (Å²) in [6.45, 7) is 1.95. The van der Waals surface area contributed by atoms with E-state index >= 15 is 0 Å². The van der Waals surface area contributed by atoms with E-state index in [4.69, 9.17) is 0 Å². The first-order valence-electron chi connectivity index (χ1n) is 7.54. The van der Waals surface area contributed by atoms with Crippen molar-refractivity contribution in [2.45, 2.75) is 19.3 Å². The third kappa shape index (κ3) is 5.21. The highest BCUT2D eigenvalue weighted by Crippen LogP contribution is 2.14. The predicted molar refractivity (Wildman–Crippen MR) is 85.6 cm³/mol. The summed E-state index contributed by atoms with van der Waals surface area (Å²) in [6.07, 6.45) is 5.13. The minimum absolute atomic E-state index is 0.0113. The minimum atomic E-state index is -0.475. The van der Waals surface area contributed by atoms with Gasteiger partial charge in [0.05, 0.1) is 4.92 Å². The van der Waals surface area contributed by atoms with Gasteiger partial charge in [0.15, 0.2) is 0 Å². The Morgan fingerprint density at radius 1 is 1.43 bits per heavy atom. The molecule has 0 bridgehead atoms. The number of benzene rings is 1. The number of nitro benzene ring substituents is 1. The van der Waals surface area contributed by atoms with E-state index in [0.29, 0.717) is 31.5 Å². The van der Waals surface area contributed by atoms with Crippen LogP contribution in [0.25, 0.3) is 6.08 Å². The van der Waals surface area contributed by atoms with E-state index in [-0.39, 0.29) is 17.5 Å². The van der Waals surface area contributed by atoms with Crippen LogP contribution in [0.4, 0.5) is 5.69 Å². The summed E-state index contributed by atoms with van der Waals surface area (Å²) in [6, 6.07) is 6.07. The molecule has 1 aliphatic rings. The molecule has 1 heterocycles. The Morgan fingerprint density at radius 2 is 2.26 bits per heavy atom. The van der Waals surface area contributed by atoms with Crippen LogP contribution in [0.1, 0.15) is 24.8 Å². The van der Waals surface area contributed by atoms with Crippen molar-refractivity contribution in [2.75, 3.05) is 19.6 Å². The second kappa shape index (κ2) is 8.07. The number of nitrogens with one attached hydrogen (secondary N) is 1. The van der Waals surface area contributed by atoms with E-state index in [2.05, 4.69) is 5.32 Å². The second-order valence-corrected chi connectivity index (χ2v) is 5.31. The van der Waals surface area contributed by atoms with Crippen LogP contribution in [0, 0.1) is 10.1 Å². The van der Waals surface area contributed by atoms with Gasteiger partial charge in [-0.05, 0) is 24.5 Å². The quantitative estimate of drug-likeness (QED) is 0.359. The molecule has 1 fully saturated rings. The van der Waals surface area contributed by atoms with Crippen LogP contribution in [0.2, 0.25) is 0 Å².